The van der Waals surface area contributed by atoms with Crippen molar-refractivity contribution in [1.29, 1.82) is 0 Å². The van der Waals surface area contributed by atoms with Crippen molar-refractivity contribution < 1.29 is 0 Å². The molecule has 0 unspecified atom stereocenters. The van der Waals surface area contributed by atoms with Crippen LogP contribution in [0.3, 0.4) is 0 Å². The molecule has 0 rings (SSSR count). The number of thioether (sulfide) groups is 1. The summed E-state index contributed by atoms with van der Waals surface area (Å²) in [5.41, 5.74) is 1.38. The van der Waals surface area contributed by atoms with Crippen molar-refractivity contribution in [3.8, 4) is 0 Å². The third-order valence-corrected chi connectivity index (χ3v) is 3.29. The van der Waals surface area contributed by atoms with Crippen LogP contribution in [0, 0.1) is 5.41 Å². The summed E-state index contributed by atoms with van der Waals surface area (Å²) in [7, 11) is 0. The van der Waals surface area contributed by atoms with E-state index in [9.17, 15) is 0 Å². The molecule has 0 spiro atoms. The molecule has 96 valence electrons. The normalized spacial score (nSPS) is 14.7. The zero-order chi connectivity index (χ0) is 13.7. The average molecular weight is 250 g/mol. The van der Waals surface area contributed by atoms with Gasteiger partial charge in [-0.1, -0.05) is 72.9 Å². The summed E-state index contributed by atoms with van der Waals surface area (Å²) in [6.07, 6.45) is 8.11. The SMILES string of the molecule is C=C/C(=C\C=C(/C=C)C(C)(C)C)SC(C)(C)C. The standard InChI is InChI=1S/C16H26S/c1-9-13(15(3,4)5)11-12-14(10-2)17-16(6,7)8/h9-12H,1-2H2,3-8H3/b13-11+,14-12+. The third kappa shape index (κ3) is 7.27. The molecule has 0 radical (unpaired) electrons. The van der Waals surface area contributed by atoms with Crippen molar-refractivity contribution in [3.05, 3.63) is 47.9 Å². The van der Waals surface area contributed by atoms with E-state index in [1.807, 2.05) is 23.9 Å². The minimum Gasteiger partial charge on any atom is -0.120 e. The number of hydrogen-bond donors (Lipinski definition) is 0. The van der Waals surface area contributed by atoms with Gasteiger partial charge >= 0.3 is 0 Å². The lowest BCUT2D eigenvalue weighted by Crippen LogP contribution is -2.08. The highest BCUT2D eigenvalue weighted by atomic mass is 32.2. The van der Waals surface area contributed by atoms with Gasteiger partial charge in [-0.05, 0) is 17.1 Å². The van der Waals surface area contributed by atoms with Crippen LogP contribution >= 0.6 is 11.8 Å². The fourth-order valence-electron chi connectivity index (χ4n) is 1.29. The largest absolute Gasteiger partial charge is 0.120 e. The molecule has 0 fully saturated rings. The number of rotatable bonds is 4. The van der Waals surface area contributed by atoms with Crippen LogP contribution < -0.4 is 0 Å². The van der Waals surface area contributed by atoms with Gasteiger partial charge in [-0.2, -0.15) is 0 Å². The predicted molar refractivity (Wildman–Crippen MR) is 83.4 cm³/mol. The highest BCUT2D eigenvalue weighted by molar-refractivity contribution is 8.04. The van der Waals surface area contributed by atoms with Crippen molar-refractivity contribution in [2.24, 2.45) is 5.41 Å². The van der Waals surface area contributed by atoms with Gasteiger partial charge in [-0.3, -0.25) is 0 Å². The highest BCUT2D eigenvalue weighted by Crippen LogP contribution is 2.32. The zero-order valence-corrected chi connectivity index (χ0v) is 12.9. The maximum atomic E-state index is 3.88. The van der Waals surface area contributed by atoms with Gasteiger partial charge in [0.05, 0.1) is 0 Å². The van der Waals surface area contributed by atoms with Crippen LogP contribution in [0.25, 0.3) is 0 Å². The predicted octanol–water partition coefficient (Wildman–Crippen LogP) is 5.75. The van der Waals surface area contributed by atoms with E-state index >= 15 is 0 Å². The van der Waals surface area contributed by atoms with E-state index in [4.69, 9.17) is 0 Å². The van der Waals surface area contributed by atoms with Crippen LogP contribution in [0.4, 0.5) is 0 Å². The summed E-state index contributed by atoms with van der Waals surface area (Å²) in [5, 5.41) is 0. The Labute approximate surface area is 112 Å². The topological polar surface area (TPSA) is 0 Å². The molecule has 0 saturated carbocycles. The van der Waals surface area contributed by atoms with Gasteiger partial charge in [0.25, 0.3) is 0 Å². The summed E-state index contributed by atoms with van der Waals surface area (Å²) in [4.78, 5) is 1.20. The Balaban J connectivity index is 5.04. The molecule has 0 nitrogen and oxygen atoms in total. The van der Waals surface area contributed by atoms with E-state index < -0.39 is 0 Å². The summed E-state index contributed by atoms with van der Waals surface area (Å²) >= 11 is 1.83. The number of hydrogen-bond acceptors (Lipinski definition) is 1. The molecular formula is C16H26S. The van der Waals surface area contributed by atoms with Crippen molar-refractivity contribution >= 4 is 11.8 Å². The van der Waals surface area contributed by atoms with Gasteiger partial charge in [-0.15, -0.1) is 11.8 Å². The van der Waals surface area contributed by atoms with E-state index in [-0.39, 0.29) is 10.2 Å². The molecule has 0 aromatic rings. The maximum absolute atomic E-state index is 3.88. The molecule has 0 aromatic heterocycles. The fourth-order valence-corrected chi connectivity index (χ4v) is 2.22. The average Bonchev–Trinajstić information content (AvgIpc) is 2.12. The lowest BCUT2D eigenvalue weighted by atomic mass is 9.86. The maximum Gasteiger partial charge on any atom is 0.0122 e. The minimum absolute atomic E-state index is 0.136. The van der Waals surface area contributed by atoms with Crippen LogP contribution in [0.15, 0.2) is 47.9 Å². The van der Waals surface area contributed by atoms with Gasteiger partial charge in [0.1, 0.15) is 0 Å². The Bertz CT molecular complexity index is 330. The van der Waals surface area contributed by atoms with Crippen LogP contribution in [0.2, 0.25) is 0 Å². The van der Waals surface area contributed by atoms with E-state index in [0.29, 0.717) is 0 Å². The van der Waals surface area contributed by atoms with Crippen LogP contribution in [-0.2, 0) is 0 Å². The summed E-state index contributed by atoms with van der Waals surface area (Å²) < 4.78 is 0.212. The minimum atomic E-state index is 0.136. The lowest BCUT2D eigenvalue weighted by Gasteiger charge is -2.20. The molecule has 0 atom stereocenters. The molecule has 17 heavy (non-hydrogen) atoms. The monoisotopic (exact) mass is 250 g/mol. The van der Waals surface area contributed by atoms with Crippen LogP contribution in [0.1, 0.15) is 41.5 Å². The first-order valence-electron chi connectivity index (χ1n) is 5.96. The molecule has 1 heteroatoms. The zero-order valence-electron chi connectivity index (χ0n) is 12.1. The molecule has 0 aliphatic carbocycles. The van der Waals surface area contributed by atoms with E-state index in [1.165, 1.54) is 10.5 Å². The van der Waals surface area contributed by atoms with Crippen LogP contribution in [0.5, 0.6) is 0 Å². The molecule has 0 saturated heterocycles. The van der Waals surface area contributed by atoms with Crippen LogP contribution in [-0.4, -0.2) is 4.75 Å². The summed E-state index contributed by atoms with van der Waals surface area (Å²) in [5.74, 6) is 0. The van der Waals surface area contributed by atoms with E-state index in [0.717, 1.165) is 0 Å². The molecule has 0 aromatic carbocycles. The molecule has 0 aliphatic heterocycles. The Kier molecular flexibility index (Phi) is 6.04. The molecular weight excluding hydrogens is 224 g/mol. The first-order valence-corrected chi connectivity index (χ1v) is 6.78. The smallest absolute Gasteiger partial charge is 0.0122 e. The van der Waals surface area contributed by atoms with Gasteiger partial charge in [0.15, 0.2) is 0 Å². The third-order valence-electron chi connectivity index (χ3n) is 2.14. The highest BCUT2D eigenvalue weighted by Gasteiger charge is 2.14. The van der Waals surface area contributed by atoms with Crippen molar-refractivity contribution in [2.75, 3.05) is 0 Å². The molecule has 0 amide bonds. The van der Waals surface area contributed by atoms with Gasteiger partial charge in [-0.25, -0.2) is 0 Å². The second-order valence-corrected chi connectivity index (χ2v) is 7.96. The summed E-state index contributed by atoms with van der Waals surface area (Å²) in [6, 6.07) is 0. The van der Waals surface area contributed by atoms with E-state index in [1.54, 1.807) is 0 Å². The Morgan fingerprint density at radius 3 is 1.71 bits per heavy atom. The Morgan fingerprint density at radius 2 is 1.41 bits per heavy atom. The fraction of sp³-hybridized carbons (Fsp3) is 0.500. The first kappa shape index (κ1) is 16.3. The number of allylic oxidation sites excluding steroid dienone is 5. The Morgan fingerprint density at radius 1 is 0.882 bits per heavy atom. The van der Waals surface area contributed by atoms with Crippen molar-refractivity contribution in [3.63, 3.8) is 0 Å². The lowest BCUT2D eigenvalue weighted by molar-refractivity contribution is 0.517. The van der Waals surface area contributed by atoms with Crippen molar-refractivity contribution in [1.82, 2.24) is 0 Å². The van der Waals surface area contributed by atoms with Gasteiger partial charge in [0, 0.05) is 9.65 Å². The molecule has 0 heterocycles. The van der Waals surface area contributed by atoms with Crippen molar-refractivity contribution in [2.45, 2.75) is 46.3 Å². The summed E-state index contributed by atoms with van der Waals surface area (Å²) in [6.45, 7) is 20.9. The van der Waals surface area contributed by atoms with E-state index in [2.05, 4.69) is 66.9 Å². The molecule has 0 aliphatic rings. The first-order chi connectivity index (χ1) is 7.60. The Hall–Kier alpha value is -0.690. The van der Waals surface area contributed by atoms with Gasteiger partial charge in [0.2, 0.25) is 0 Å². The second kappa shape index (κ2) is 6.30. The van der Waals surface area contributed by atoms with Gasteiger partial charge < -0.3 is 0 Å². The molecule has 0 N–H and O–H groups in total. The molecule has 0 bridgehead atoms. The quantitative estimate of drug-likeness (QED) is 0.573. The second-order valence-electron chi connectivity index (χ2n) is 6.06.